The monoisotopic (exact) mass is 220 g/mol. The normalized spacial score (nSPS) is 11.2. The van der Waals surface area contributed by atoms with Gasteiger partial charge in [-0.05, 0) is 12.1 Å². The summed E-state index contributed by atoms with van der Waals surface area (Å²) in [5, 5.41) is 0. The average Bonchev–Trinajstić information content (AvgIpc) is 2.05. The molecule has 2 N–H and O–H groups in total. The number of thiol groups is 1. The summed E-state index contributed by atoms with van der Waals surface area (Å²) < 4.78 is 4.58. The summed E-state index contributed by atoms with van der Waals surface area (Å²) in [5.41, 5.74) is 4.66. The molecule has 0 aliphatic heterocycles. The summed E-state index contributed by atoms with van der Waals surface area (Å²) in [6.45, 7) is 0. The van der Waals surface area contributed by atoms with E-state index in [2.05, 4.69) is 22.3 Å². The zero-order valence-corrected chi connectivity index (χ0v) is 8.29. The lowest BCUT2D eigenvalue weighted by Crippen LogP contribution is -2.15. The molecule has 0 aliphatic rings. The largest absolute Gasteiger partial charge is 0.429 e. The number of aromatic nitrogens is 1. The Bertz CT molecular complexity index is 270. The van der Waals surface area contributed by atoms with Gasteiger partial charge in [-0.15, -0.1) is 25.0 Å². The molecular weight excluding hydrogens is 212 g/mol. The number of hydrogen-bond acceptors (Lipinski definition) is 4. The van der Waals surface area contributed by atoms with Crippen LogP contribution >= 0.6 is 25.0 Å². The molecule has 13 heavy (non-hydrogen) atoms. The van der Waals surface area contributed by atoms with E-state index in [1.54, 1.807) is 24.4 Å². The van der Waals surface area contributed by atoms with Gasteiger partial charge in [0.05, 0.1) is 5.69 Å². The van der Waals surface area contributed by atoms with Gasteiger partial charge >= 0.3 is 6.09 Å². The number of pyridine rings is 1. The van der Waals surface area contributed by atoms with Crippen molar-refractivity contribution >= 4 is 31.1 Å². The number of carbonyl (C=O) groups excluding carboxylic acids is 1. The van der Waals surface area contributed by atoms with Crippen molar-refractivity contribution in [2.45, 2.75) is 5.44 Å². The molecule has 1 unspecified atom stereocenters. The van der Waals surface area contributed by atoms with Crippen molar-refractivity contribution in [3.8, 4) is 0 Å². The highest BCUT2D eigenvalue weighted by Crippen LogP contribution is 2.17. The molecule has 0 fully saturated rings. The molecule has 4 nitrogen and oxygen atoms in total. The van der Waals surface area contributed by atoms with E-state index >= 15 is 0 Å². The number of carbonyl (C=O) groups is 1. The number of amides is 1. The highest BCUT2D eigenvalue weighted by Gasteiger charge is 2.09. The van der Waals surface area contributed by atoms with E-state index in [9.17, 15) is 4.79 Å². The molecule has 0 saturated carbocycles. The Labute approximate surface area is 87.3 Å². The van der Waals surface area contributed by atoms with Crippen LogP contribution in [0.2, 0.25) is 0 Å². The molecule has 0 aromatic carbocycles. The molecule has 1 atom stereocenters. The first-order chi connectivity index (χ1) is 5.70. The van der Waals surface area contributed by atoms with Crippen LogP contribution in [0.1, 0.15) is 11.1 Å². The van der Waals surface area contributed by atoms with E-state index in [0.29, 0.717) is 5.69 Å². The molecule has 1 amide bonds. The van der Waals surface area contributed by atoms with Crippen LogP contribution in [0.4, 0.5) is 4.79 Å². The molecule has 0 aliphatic carbocycles. The Morgan fingerprint density at radius 1 is 1.62 bits per heavy atom. The topological polar surface area (TPSA) is 65.2 Å². The summed E-state index contributed by atoms with van der Waals surface area (Å²) in [5.74, 6) is 0. The lowest BCUT2D eigenvalue weighted by atomic mass is 10.4. The summed E-state index contributed by atoms with van der Waals surface area (Å²) >= 11 is 3.97. The highest BCUT2D eigenvalue weighted by atomic mass is 35.5. The van der Waals surface area contributed by atoms with E-state index in [0.717, 1.165) is 0 Å². The first-order valence-electron chi connectivity index (χ1n) is 3.25. The summed E-state index contributed by atoms with van der Waals surface area (Å²) in [4.78, 5) is 14.2. The van der Waals surface area contributed by atoms with Crippen LogP contribution in [0.3, 0.4) is 0 Å². The fraction of sp³-hybridized carbons (Fsp3) is 0.143. The molecule has 1 rings (SSSR count). The first-order valence-corrected chi connectivity index (χ1v) is 3.77. The third-order valence-electron chi connectivity index (χ3n) is 1.17. The SMILES string of the molecule is Cl.NC(=O)OC(S)c1ccccn1. The van der Waals surface area contributed by atoms with Crippen molar-refractivity contribution in [2.24, 2.45) is 5.73 Å². The number of rotatable bonds is 2. The van der Waals surface area contributed by atoms with Crippen molar-refractivity contribution in [1.82, 2.24) is 4.98 Å². The minimum atomic E-state index is -0.861. The maximum Gasteiger partial charge on any atom is 0.406 e. The molecule has 0 saturated heterocycles. The average molecular weight is 221 g/mol. The molecule has 1 aromatic rings. The van der Waals surface area contributed by atoms with E-state index in [4.69, 9.17) is 5.73 Å². The number of nitrogens with two attached hydrogens (primary N) is 1. The minimum Gasteiger partial charge on any atom is -0.429 e. The second-order valence-electron chi connectivity index (χ2n) is 2.04. The van der Waals surface area contributed by atoms with Crippen LogP contribution in [0, 0.1) is 0 Å². The van der Waals surface area contributed by atoms with E-state index in [1.165, 1.54) is 0 Å². The van der Waals surface area contributed by atoms with Gasteiger partial charge in [0.1, 0.15) is 0 Å². The predicted molar refractivity (Wildman–Crippen MR) is 53.9 cm³/mol. The summed E-state index contributed by atoms with van der Waals surface area (Å²) in [6.07, 6.45) is 0.726. The number of primary amides is 1. The third-order valence-corrected chi connectivity index (χ3v) is 1.54. The Hall–Kier alpha value is -0.940. The fourth-order valence-electron chi connectivity index (χ4n) is 0.692. The second kappa shape index (κ2) is 5.66. The van der Waals surface area contributed by atoms with Crippen molar-refractivity contribution in [1.29, 1.82) is 0 Å². The lowest BCUT2D eigenvalue weighted by Gasteiger charge is -2.08. The number of hydrogen-bond donors (Lipinski definition) is 2. The van der Waals surface area contributed by atoms with Crippen LogP contribution in [-0.4, -0.2) is 11.1 Å². The molecule has 1 heterocycles. The molecular formula is C7H9ClN2O2S. The zero-order valence-electron chi connectivity index (χ0n) is 6.58. The molecule has 0 radical (unpaired) electrons. The first kappa shape index (κ1) is 12.1. The Morgan fingerprint density at radius 2 is 2.31 bits per heavy atom. The highest BCUT2D eigenvalue weighted by molar-refractivity contribution is 7.80. The maximum atomic E-state index is 10.3. The number of nitrogens with zero attached hydrogens (tertiary/aromatic N) is 1. The zero-order chi connectivity index (χ0) is 8.97. The molecule has 72 valence electrons. The quantitative estimate of drug-likeness (QED) is 0.587. The molecule has 6 heteroatoms. The van der Waals surface area contributed by atoms with Gasteiger partial charge in [0.25, 0.3) is 0 Å². The van der Waals surface area contributed by atoms with Crippen molar-refractivity contribution in [2.75, 3.05) is 0 Å². The van der Waals surface area contributed by atoms with Gasteiger partial charge in [0.2, 0.25) is 0 Å². The molecule has 1 aromatic heterocycles. The van der Waals surface area contributed by atoms with Crippen molar-refractivity contribution in [3.63, 3.8) is 0 Å². The van der Waals surface area contributed by atoms with Crippen molar-refractivity contribution < 1.29 is 9.53 Å². The van der Waals surface area contributed by atoms with Crippen LogP contribution in [0.5, 0.6) is 0 Å². The van der Waals surface area contributed by atoms with Crippen molar-refractivity contribution in [3.05, 3.63) is 30.1 Å². The van der Waals surface area contributed by atoms with Gasteiger partial charge in [0, 0.05) is 6.20 Å². The molecule has 0 spiro atoms. The van der Waals surface area contributed by atoms with Gasteiger partial charge in [-0.3, -0.25) is 4.98 Å². The van der Waals surface area contributed by atoms with E-state index in [1.807, 2.05) is 0 Å². The van der Waals surface area contributed by atoms with Crippen LogP contribution in [0.25, 0.3) is 0 Å². The minimum absolute atomic E-state index is 0. The van der Waals surface area contributed by atoms with Gasteiger partial charge < -0.3 is 10.5 Å². The third kappa shape index (κ3) is 4.00. The summed E-state index contributed by atoms with van der Waals surface area (Å²) in [7, 11) is 0. The number of ether oxygens (including phenoxy) is 1. The van der Waals surface area contributed by atoms with Gasteiger partial charge in [-0.2, -0.15) is 0 Å². The van der Waals surface area contributed by atoms with Gasteiger partial charge in [-0.25, -0.2) is 4.79 Å². The van der Waals surface area contributed by atoms with Crippen LogP contribution in [0.15, 0.2) is 24.4 Å². The number of halogens is 1. The van der Waals surface area contributed by atoms with Gasteiger partial charge in [-0.1, -0.05) is 6.07 Å². The standard InChI is InChI=1S/C7H8N2O2S.ClH/c8-7(10)11-6(12)5-3-1-2-4-9-5;/h1-4,6,12H,(H2,8,10);1H. The van der Waals surface area contributed by atoms with E-state index in [-0.39, 0.29) is 12.4 Å². The lowest BCUT2D eigenvalue weighted by molar-refractivity contribution is 0.145. The maximum absolute atomic E-state index is 10.3. The van der Waals surface area contributed by atoms with Gasteiger partial charge in [0.15, 0.2) is 5.44 Å². The van der Waals surface area contributed by atoms with Crippen LogP contribution in [-0.2, 0) is 4.74 Å². The van der Waals surface area contributed by atoms with Crippen LogP contribution < -0.4 is 5.73 Å². The Balaban J connectivity index is 0.00000144. The van der Waals surface area contributed by atoms with E-state index < -0.39 is 11.5 Å². The fourth-order valence-corrected chi connectivity index (χ4v) is 0.949. The Kier molecular flexibility index (Phi) is 5.25. The predicted octanol–water partition coefficient (Wildman–Crippen LogP) is 1.53. The smallest absolute Gasteiger partial charge is 0.406 e. The Morgan fingerprint density at radius 3 is 2.77 bits per heavy atom. The summed E-state index contributed by atoms with van der Waals surface area (Å²) in [6, 6.07) is 5.23. The molecule has 0 bridgehead atoms. The second-order valence-corrected chi connectivity index (χ2v) is 2.51.